The fourth-order valence-electron chi connectivity index (χ4n) is 2.52. The van der Waals surface area contributed by atoms with Crippen LogP contribution in [0, 0.1) is 6.92 Å². The van der Waals surface area contributed by atoms with Crippen molar-refractivity contribution < 1.29 is 0 Å². The predicted molar refractivity (Wildman–Crippen MR) is 80.0 cm³/mol. The fraction of sp³-hybridized carbons (Fsp3) is 0.714. The molecule has 1 fully saturated rings. The minimum absolute atomic E-state index is 0.871. The summed E-state index contributed by atoms with van der Waals surface area (Å²) >= 11 is 0. The molecule has 0 amide bonds. The van der Waals surface area contributed by atoms with Crippen molar-refractivity contribution in [2.75, 3.05) is 50.5 Å². The number of hydrogen-bond acceptors (Lipinski definition) is 5. The van der Waals surface area contributed by atoms with E-state index in [0.717, 1.165) is 49.1 Å². The van der Waals surface area contributed by atoms with E-state index in [0.29, 0.717) is 0 Å². The number of aryl methyl sites for hydroxylation is 1. The molecule has 5 heteroatoms. The summed E-state index contributed by atoms with van der Waals surface area (Å²) in [6.07, 6.45) is 2.06. The molecule has 1 aromatic heterocycles. The summed E-state index contributed by atoms with van der Waals surface area (Å²) in [5.41, 5.74) is 1.16. The molecule has 0 saturated carbocycles. The molecule has 1 aliphatic heterocycles. The smallest absolute Gasteiger partial charge is 0.137 e. The Balaban J connectivity index is 2.31. The molecule has 2 rings (SSSR count). The van der Waals surface area contributed by atoms with Crippen molar-refractivity contribution in [1.82, 2.24) is 14.9 Å². The van der Waals surface area contributed by atoms with E-state index in [9.17, 15) is 0 Å². The van der Waals surface area contributed by atoms with Crippen molar-refractivity contribution in [3.63, 3.8) is 0 Å². The van der Waals surface area contributed by atoms with Crippen LogP contribution in [0.25, 0.3) is 0 Å². The zero-order chi connectivity index (χ0) is 13.8. The Kier molecular flexibility index (Phi) is 4.58. The summed E-state index contributed by atoms with van der Waals surface area (Å²) in [7, 11) is 4.11. The van der Waals surface area contributed by atoms with Gasteiger partial charge in [-0.2, -0.15) is 0 Å². The van der Waals surface area contributed by atoms with Gasteiger partial charge < -0.3 is 15.1 Å². The third-order valence-electron chi connectivity index (χ3n) is 3.74. The standard InChI is InChI=1S/C14H25N5/c1-5-12-16-13(15-3)11(2)14(17-12)19-8-6-7-18(4)9-10-19/h5-10H2,1-4H3,(H,15,16,17). The highest BCUT2D eigenvalue weighted by atomic mass is 15.2. The van der Waals surface area contributed by atoms with Gasteiger partial charge in [0.05, 0.1) is 0 Å². The zero-order valence-corrected chi connectivity index (χ0v) is 12.5. The van der Waals surface area contributed by atoms with E-state index in [2.05, 4.69) is 41.0 Å². The van der Waals surface area contributed by atoms with Crippen molar-refractivity contribution in [3.05, 3.63) is 11.4 Å². The van der Waals surface area contributed by atoms with E-state index in [1.165, 1.54) is 13.0 Å². The Labute approximate surface area is 116 Å². The fourth-order valence-corrected chi connectivity index (χ4v) is 2.52. The van der Waals surface area contributed by atoms with Crippen molar-refractivity contribution in [1.29, 1.82) is 0 Å². The molecular weight excluding hydrogens is 238 g/mol. The topological polar surface area (TPSA) is 44.3 Å². The van der Waals surface area contributed by atoms with E-state index in [4.69, 9.17) is 4.98 Å². The molecule has 106 valence electrons. The van der Waals surface area contributed by atoms with Gasteiger partial charge in [-0.05, 0) is 26.9 Å². The maximum Gasteiger partial charge on any atom is 0.137 e. The number of aromatic nitrogens is 2. The van der Waals surface area contributed by atoms with Gasteiger partial charge in [0.2, 0.25) is 0 Å². The summed E-state index contributed by atoms with van der Waals surface area (Å²) in [5, 5.41) is 3.19. The summed E-state index contributed by atoms with van der Waals surface area (Å²) in [5.74, 6) is 2.98. The summed E-state index contributed by atoms with van der Waals surface area (Å²) in [6, 6.07) is 0. The average molecular weight is 263 g/mol. The minimum atomic E-state index is 0.871. The van der Waals surface area contributed by atoms with E-state index in [1.54, 1.807) is 0 Å². The van der Waals surface area contributed by atoms with Crippen LogP contribution in [0.3, 0.4) is 0 Å². The van der Waals surface area contributed by atoms with E-state index in [-0.39, 0.29) is 0 Å². The highest BCUT2D eigenvalue weighted by Gasteiger charge is 2.18. The van der Waals surface area contributed by atoms with Crippen molar-refractivity contribution >= 4 is 11.6 Å². The van der Waals surface area contributed by atoms with Crippen molar-refractivity contribution in [2.24, 2.45) is 0 Å². The SMILES string of the molecule is CCc1nc(NC)c(C)c(N2CCCN(C)CC2)n1. The molecule has 19 heavy (non-hydrogen) atoms. The van der Waals surface area contributed by atoms with Gasteiger partial charge in [0.15, 0.2) is 0 Å². The lowest BCUT2D eigenvalue weighted by Crippen LogP contribution is -2.30. The first-order chi connectivity index (χ1) is 9.15. The molecule has 1 aliphatic rings. The van der Waals surface area contributed by atoms with Gasteiger partial charge in [0.1, 0.15) is 17.5 Å². The number of likely N-dealkylation sites (N-methyl/N-ethyl adjacent to an activating group) is 1. The molecule has 2 heterocycles. The average Bonchev–Trinajstić information content (AvgIpc) is 2.64. The molecule has 1 aromatic rings. The summed E-state index contributed by atoms with van der Waals surface area (Å²) in [6.45, 7) is 8.59. The number of hydrogen-bond donors (Lipinski definition) is 1. The first-order valence-electron chi connectivity index (χ1n) is 7.14. The largest absolute Gasteiger partial charge is 0.373 e. The van der Waals surface area contributed by atoms with Gasteiger partial charge in [-0.3, -0.25) is 0 Å². The predicted octanol–water partition coefficient (Wildman–Crippen LogP) is 1.53. The van der Waals surface area contributed by atoms with Crippen LogP contribution in [0.4, 0.5) is 11.6 Å². The second kappa shape index (κ2) is 6.19. The third kappa shape index (κ3) is 3.15. The highest BCUT2D eigenvalue weighted by Crippen LogP contribution is 2.24. The summed E-state index contributed by atoms with van der Waals surface area (Å²) in [4.78, 5) is 14.1. The third-order valence-corrected chi connectivity index (χ3v) is 3.74. The molecular formula is C14H25N5. The Morgan fingerprint density at radius 3 is 2.63 bits per heavy atom. The molecule has 5 nitrogen and oxygen atoms in total. The summed E-state index contributed by atoms with van der Waals surface area (Å²) < 4.78 is 0. The first-order valence-corrected chi connectivity index (χ1v) is 7.14. The maximum absolute atomic E-state index is 4.75. The van der Waals surface area contributed by atoms with Gasteiger partial charge >= 0.3 is 0 Å². The van der Waals surface area contributed by atoms with Gasteiger partial charge in [0.25, 0.3) is 0 Å². The monoisotopic (exact) mass is 263 g/mol. The molecule has 0 bridgehead atoms. The Hall–Kier alpha value is -1.36. The first kappa shape index (κ1) is 14.1. The normalized spacial score (nSPS) is 17.4. The number of anilines is 2. The lowest BCUT2D eigenvalue weighted by molar-refractivity contribution is 0.360. The molecule has 0 atom stereocenters. The molecule has 0 unspecified atom stereocenters. The van der Waals surface area contributed by atoms with E-state index in [1.807, 2.05) is 7.05 Å². The van der Waals surface area contributed by atoms with Crippen LogP contribution in [0.5, 0.6) is 0 Å². The van der Waals surface area contributed by atoms with Crippen LogP contribution in [0.15, 0.2) is 0 Å². The number of nitrogens with one attached hydrogen (secondary N) is 1. The van der Waals surface area contributed by atoms with Crippen LogP contribution in [0.1, 0.15) is 24.7 Å². The molecule has 1 saturated heterocycles. The van der Waals surface area contributed by atoms with Crippen LogP contribution in [-0.4, -0.2) is 55.1 Å². The number of rotatable bonds is 3. The molecule has 0 aliphatic carbocycles. The quantitative estimate of drug-likeness (QED) is 0.896. The van der Waals surface area contributed by atoms with Crippen molar-refractivity contribution in [3.8, 4) is 0 Å². The van der Waals surface area contributed by atoms with Crippen LogP contribution >= 0.6 is 0 Å². The Bertz CT molecular complexity index is 432. The van der Waals surface area contributed by atoms with Crippen LogP contribution in [0.2, 0.25) is 0 Å². The lowest BCUT2D eigenvalue weighted by atomic mass is 10.2. The van der Waals surface area contributed by atoms with Gasteiger partial charge in [0, 0.05) is 38.7 Å². The van der Waals surface area contributed by atoms with Gasteiger partial charge in [-0.25, -0.2) is 9.97 Å². The van der Waals surface area contributed by atoms with Crippen LogP contribution in [-0.2, 0) is 6.42 Å². The Morgan fingerprint density at radius 2 is 1.95 bits per heavy atom. The van der Waals surface area contributed by atoms with Gasteiger partial charge in [-0.15, -0.1) is 0 Å². The lowest BCUT2D eigenvalue weighted by Gasteiger charge is -2.24. The minimum Gasteiger partial charge on any atom is -0.373 e. The van der Waals surface area contributed by atoms with Gasteiger partial charge in [-0.1, -0.05) is 6.92 Å². The highest BCUT2D eigenvalue weighted by molar-refractivity contribution is 5.58. The zero-order valence-electron chi connectivity index (χ0n) is 12.5. The van der Waals surface area contributed by atoms with E-state index < -0.39 is 0 Å². The maximum atomic E-state index is 4.75. The van der Waals surface area contributed by atoms with Crippen LogP contribution < -0.4 is 10.2 Å². The Morgan fingerprint density at radius 1 is 1.16 bits per heavy atom. The molecule has 0 spiro atoms. The van der Waals surface area contributed by atoms with Crippen molar-refractivity contribution in [2.45, 2.75) is 26.7 Å². The molecule has 1 N–H and O–H groups in total. The molecule has 0 radical (unpaired) electrons. The molecule has 0 aromatic carbocycles. The van der Waals surface area contributed by atoms with E-state index >= 15 is 0 Å². The number of nitrogens with zero attached hydrogens (tertiary/aromatic N) is 4. The second-order valence-corrected chi connectivity index (χ2v) is 5.18. The second-order valence-electron chi connectivity index (χ2n) is 5.18.